The monoisotopic (exact) mass is 412 g/mol. The van der Waals surface area contributed by atoms with Gasteiger partial charge >= 0.3 is 0 Å². The zero-order valence-corrected chi connectivity index (χ0v) is 16.7. The molecule has 2 aromatic rings. The van der Waals surface area contributed by atoms with Gasteiger partial charge in [0, 0.05) is 10.6 Å². The molecule has 1 heterocycles. The molecule has 2 fully saturated rings. The lowest BCUT2D eigenvalue weighted by Gasteiger charge is -2.19. The maximum atomic E-state index is 12.7. The Hall–Kier alpha value is -2.86. The molecule has 1 aliphatic heterocycles. The summed E-state index contributed by atoms with van der Waals surface area (Å²) in [6, 6.07) is 11.4. The number of amides is 3. The third-order valence-electron chi connectivity index (χ3n) is 5.64. The van der Waals surface area contributed by atoms with E-state index in [1.807, 2.05) is 0 Å². The highest BCUT2D eigenvalue weighted by atomic mass is 35.5. The number of fused-ring (bicyclic) bond motifs is 1. The van der Waals surface area contributed by atoms with Gasteiger partial charge in [0.25, 0.3) is 5.91 Å². The van der Waals surface area contributed by atoms with E-state index in [1.165, 1.54) is 12.0 Å². The molecule has 2 aromatic carbocycles. The summed E-state index contributed by atoms with van der Waals surface area (Å²) in [5.41, 5.74) is 1.36. The number of imide groups is 1. The first-order valence-corrected chi connectivity index (χ1v) is 10.00. The Bertz CT molecular complexity index is 949. The molecule has 1 N–H and O–H groups in total. The van der Waals surface area contributed by atoms with Gasteiger partial charge in [-0.25, -0.2) is 0 Å². The third kappa shape index (κ3) is 3.60. The van der Waals surface area contributed by atoms with Crippen LogP contribution in [0, 0.1) is 11.8 Å². The Morgan fingerprint density at radius 2 is 1.66 bits per heavy atom. The molecule has 1 saturated heterocycles. The summed E-state index contributed by atoms with van der Waals surface area (Å²) in [5, 5.41) is 3.25. The van der Waals surface area contributed by atoms with Crippen LogP contribution in [0.5, 0.6) is 5.75 Å². The fourth-order valence-corrected chi connectivity index (χ4v) is 4.32. The number of methoxy groups -OCH3 is 1. The summed E-state index contributed by atoms with van der Waals surface area (Å²) < 4.78 is 5.24. The van der Waals surface area contributed by atoms with Gasteiger partial charge in [-0.15, -0.1) is 0 Å². The SMILES string of the molecule is COc1ccc(Cl)cc1NC(=O)c1ccc(N2C(=O)[C@H]3CCCC[C@@H]3C2=O)cc1. The van der Waals surface area contributed by atoms with E-state index < -0.39 is 0 Å². The average molecular weight is 413 g/mol. The van der Waals surface area contributed by atoms with Crippen molar-refractivity contribution in [3.63, 3.8) is 0 Å². The summed E-state index contributed by atoms with van der Waals surface area (Å²) in [4.78, 5) is 39.3. The van der Waals surface area contributed by atoms with E-state index in [2.05, 4.69) is 5.32 Å². The second-order valence-electron chi connectivity index (χ2n) is 7.35. The van der Waals surface area contributed by atoms with Crippen LogP contribution < -0.4 is 15.0 Å². The molecule has 0 unspecified atom stereocenters. The zero-order valence-electron chi connectivity index (χ0n) is 16.0. The number of hydrogen-bond acceptors (Lipinski definition) is 4. The Labute approximate surface area is 173 Å². The van der Waals surface area contributed by atoms with Crippen LogP contribution in [0.2, 0.25) is 5.02 Å². The maximum absolute atomic E-state index is 12.7. The molecule has 2 atom stereocenters. The zero-order chi connectivity index (χ0) is 20.5. The van der Waals surface area contributed by atoms with Crippen molar-refractivity contribution in [1.82, 2.24) is 0 Å². The van der Waals surface area contributed by atoms with E-state index in [0.717, 1.165) is 25.7 Å². The summed E-state index contributed by atoms with van der Waals surface area (Å²) in [6.45, 7) is 0. The number of anilines is 2. The first-order chi connectivity index (χ1) is 14.0. The summed E-state index contributed by atoms with van der Waals surface area (Å²) in [5.74, 6) is -0.495. The van der Waals surface area contributed by atoms with Crippen molar-refractivity contribution >= 4 is 40.7 Å². The lowest BCUT2D eigenvalue weighted by atomic mass is 9.81. The van der Waals surface area contributed by atoms with Crippen molar-refractivity contribution in [2.45, 2.75) is 25.7 Å². The molecule has 1 saturated carbocycles. The Kier molecular flexibility index (Phi) is 5.28. The Balaban J connectivity index is 1.52. The second kappa shape index (κ2) is 7.87. The van der Waals surface area contributed by atoms with Crippen molar-refractivity contribution in [1.29, 1.82) is 0 Å². The minimum absolute atomic E-state index is 0.124. The Morgan fingerprint density at radius 1 is 1.03 bits per heavy atom. The van der Waals surface area contributed by atoms with Crippen molar-refractivity contribution in [2.24, 2.45) is 11.8 Å². The predicted molar refractivity (Wildman–Crippen MR) is 110 cm³/mol. The molecule has 6 nitrogen and oxygen atoms in total. The van der Waals surface area contributed by atoms with Gasteiger partial charge in [0.15, 0.2) is 0 Å². The molecule has 0 spiro atoms. The average Bonchev–Trinajstić information content (AvgIpc) is 2.99. The van der Waals surface area contributed by atoms with E-state index in [9.17, 15) is 14.4 Å². The molecule has 0 bridgehead atoms. The van der Waals surface area contributed by atoms with Gasteiger partial charge in [-0.3, -0.25) is 19.3 Å². The summed E-state index contributed by atoms with van der Waals surface area (Å²) >= 11 is 6.00. The van der Waals surface area contributed by atoms with Crippen molar-refractivity contribution < 1.29 is 19.1 Å². The maximum Gasteiger partial charge on any atom is 0.255 e. The number of halogens is 1. The van der Waals surface area contributed by atoms with Crippen LogP contribution in [0.3, 0.4) is 0 Å². The molecule has 7 heteroatoms. The molecule has 3 amide bonds. The quantitative estimate of drug-likeness (QED) is 0.760. The third-order valence-corrected chi connectivity index (χ3v) is 5.87. The van der Waals surface area contributed by atoms with Gasteiger partial charge in [-0.2, -0.15) is 0 Å². The van der Waals surface area contributed by atoms with Crippen molar-refractivity contribution in [3.8, 4) is 5.75 Å². The largest absolute Gasteiger partial charge is 0.495 e. The number of benzene rings is 2. The van der Waals surface area contributed by atoms with E-state index in [-0.39, 0.29) is 29.6 Å². The van der Waals surface area contributed by atoms with Gasteiger partial charge in [-0.1, -0.05) is 24.4 Å². The van der Waals surface area contributed by atoms with Crippen LogP contribution in [0.25, 0.3) is 0 Å². The number of nitrogens with zero attached hydrogens (tertiary/aromatic N) is 1. The first-order valence-electron chi connectivity index (χ1n) is 9.62. The normalized spacial score (nSPS) is 21.1. The molecular weight excluding hydrogens is 392 g/mol. The minimum atomic E-state index is -0.343. The topological polar surface area (TPSA) is 75.7 Å². The van der Waals surface area contributed by atoms with E-state index in [1.54, 1.807) is 42.5 Å². The van der Waals surface area contributed by atoms with E-state index in [4.69, 9.17) is 16.3 Å². The van der Waals surface area contributed by atoms with Crippen LogP contribution in [0.4, 0.5) is 11.4 Å². The Morgan fingerprint density at radius 3 is 2.24 bits per heavy atom. The predicted octanol–water partition coefficient (Wildman–Crippen LogP) is 4.28. The number of carbonyl (C=O) groups is 3. The minimum Gasteiger partial charge on any atom is -0.495 e. The highest BCUT2D eigenvalue weighted by Gasteiger charge is 2.48. The van der Waals surface area contributed by atoms with Crippen LogP contribution >= 0.6 is 11.6 Å². The van der Waals surface area contributed by atoms with Gasteiger partial charge in [0.1, 0.15) is 5.75 Å². The van der Waals surface area contributed by atoms with E-state index in [0.29, 0.717) is 27.7 Å². The number of carbonyl (C=O) groups excluding carboxylic acids is 3. The second-order valence-corrected chi connectivity index (χ2v) is 7.79. The van der Waals surface area contributed by atoms with Gasteiger partial charge in [0.2, 0.25) is 11.8 Å². The highest BCUT2D eigenvalue weighted by Crippen LogP contribution is 2.40. The molecule has 2 aliphatic rings. The molecule has 0 aromatic heterocycles. The smallest absolute Gasteiger partial charge is 0.255 e. The van der Waals surface area contributed by atoms with Crippen LogP contribution in [0.1, 0.15) is 36.0 Å². The van der Waals surface area contributed by atoms with Crippen molar-refractivity contribution in [2.75, 3.05) is 17.3 Å². The summed E-state index contributed by atoms with van der Waals surface area (Å²) in [7, 11) is 1.51. The molecule has 150 valence electrons. The molecule has 4 rings (SSSR count). The van der Waals surface area contributed by atoms with Crippen LogP contribution in [-0.2, 0) is 9.59 Å². The lowest BCUT2D eigenvalue weighted by Crippen LogP contribution is -2.30. The fourth-order valence-electron chi connectivity index (χ4n) is 4.15. The highest BCUT2D eigenvalue weighted by molar-refractivity contribution is 6.31. The van der Waals surface area contributed by atoms with E-state index >= 15 is 0 Å². The van der Waals surface area contributed by atoms with Gasteiger partial charge < -0.3 is 10.1 Å². The van der Waals surface area contributed by atoms with Crippen LogP contribution in [0.15, 0.2) is 42.5 Å². The number of nitrogens with one attached hydrogen (secondary N) is 1. The first kappa shape index (κ1) is 19.5. The molecule has 1 aliphatic carbocycles. The number of rotatable bonds is 4. The summed E-state index contributed by atoms with van der Waals surface area (Å²) in [6.07, 6.45) is 3.52. The molecule has 29 heavy (non-hydrogen) atoms. The van der Waals surface area contributed by atoms with Gasteiger partial charge in [0.05, 0.1) is 30.3 Å². The van der Waals surface area contributed by atoms with Crippen molar-refractivity contribution in [3.05, 3.63) is 53.1 Å². The van der Waals surface area contributed by atoms with Gasteiger partial charge in [-0.05, 0) is 55.3 Å². The molecule has 0 radical (unpaired) electrons. The lowest BCUT2D eigenvalue weighted by molar-refractivity contribution is -0.122. The fraction of sp³-hybridized carbons (Fsp3) is 0.318. The number of ether oxygens (including phenoxy) is 1. The molecular formula is C22H21ClN2O4. The number of hydrogen-bond donors (Lipinski definition) is 1. The standard InChI is InChI=1S/C22H21ClN2O4/c1-29-19-11-8-14(23)12-18(19)24-20(26)13-6-9-15(10-7-13)25-21(27)16-4-2-3-5-17(16)22(25)28/h6-12,16-17H,2-5H2,1H3,(H,24,26)/t16-,17-/m0/s1. The van der Waals surface area contributed by atoms with Crippen LogP contribution in [-0.4, -0.2) is 24.8 Å².